The lowest BCUT2D eigenvalue weighted by molar-refractivity contribution is -0.140. The predicted octanol–water partition coefficient (Wildman–Crippen LogP) is 4.81. The van der Waals surface area contributed by atoms with E-state index in [2.05, 4.69) is 4.98 Å². The lowest BCUT2D eigenvalue weighted by Crippen LogP contribution is -2.29. The van der Waals surface area contributed by atoms with E-state index < -0.39 is 29.3 Å². The van der Waals surface area contributed by atoms with Crippen LogP contribution in [0.25, 0.3) is 5.76 Å². The number of aliphatic hydroxyl groups is 1. The third-order valence-corrected chi connectivity index (χ3v) is 5.71. The van der Waals surface area contributed by atoms with Crippen molar-refractivity contribution in [3.63, 3.8) is 0 Å². The fourth-order valence-electron chi connectivity index (χ4n) is 3.96. The first-order chi connectivity index (χ1) is 15.8. The first kappa shape index (κ1) is 22.5. The highest BCUT2D eigenvalue weighted by atomic mass is 35.5. The van der Waals surface area contributed by atoms with Crippen molar-refractivity contribution >= 4 is 29.1 Å². The summed E-state index contributed by atoms with van der Waals surface area (Å²) >= 11 is 6.29. The summed E-state index contributed by atoms with van der Waals surface area (Å²) in [6, 6.07) is 13.0. The minimum Gasteiger partial charge on any atom is -0.507 e. The molecule has 8 heteroatoms. The molecule has 168 valence electrons. The number of benzene rings is 2. The van der Waals surface area contributed by atoms with Gasteiger partial charge in [-0.1, -0.05) is 29.8 Å². The molecule has 0 bridgehead atoms. The maximum atomic E-state index is 13.6. The standard InChI is InChI=1S/C25H20ClFN2O4/c1-14-11-18(24(33-2)19(26)12-14)22(30)20-21(15-6-8-16(27)9-7-15)29(25(32)23(20)31)13-17-5-3-4-10-28-17/h3-12,21,30H,13H2,1-2H3/b22-20+. The molecular weight excluding hydrogens is 447 g/mol. The Morgan fingerprint density at radius 2 is 1.91 bits per heavy atom. The van der Waals surface area contributed by atoms with Crippen LogP contribution in [0.4, 0.5) is 4.39 Å². The van der Waals surface area contributed by atoms with Crippen LogP contribution in [0.5, 0.6) is 5.75 Å². The quantitative estimate of drug-likeness (QED) is 0.331. The zero-order chi connectivity index (χ0) is 23.7. The summed E-state index contributed by atoms with van der Waals surface area (Å²) in [6.07, 6.45) is 1.58. The van der Waals surface area contributed by atoms with Gasteiger partial charge >= 0.3 is 0 Å². The second-order valence-electron chi connectivity index (χ2n) is 7.63. The lowest BCUT2D eigenvalue weighted by Gasteiger charge is -2.25. The number of Topliss-reactive ketones (excluding diaryl/α,β-unsaturated/α-hetero) is 1. The monoisotopic (exact) mass is 466 g/mol. The number of rotatable bonds is 5. The molecule has 1 aliphatic rings. The molecule has 0 spiro atoms. The van der Waals surface area contributed by atoms with Crippen LogP contribution in [0, 0.1) is 12.7 Å². The minimum atomic E-state index is -0.961. The molecule has 1 unspecified atom stereocenters. The zero-order valence-corrected chi connectivity index (χ0v) is 18.6. The summed E-state index contributed by atoms with van der Waals surface area (Å²) in [7, 11) is 1.39. The number of methoxy groups -OCH3 is 1. The Kier molecular flexibility index (Phi) is 6.16. The first-order valence-corrected chi connectivity index (χ1v) is 10.5. The number of amides is 1. The van der Waals surface area contributed by atoms with E-state index >= 15 is 0 Å². The maximum absolute atomic E-state index is 13.6. The van der Waals surface area contributed by atoms with E-state index in [4.69, 9.17) is 16.3 Å². The number of aliphatic hydroxyl groups excluding tert-OH is 1. The van der Waals surface area contributed by atoms with Gasteiger partial charge in [-0.15, -0.1) is 0 Å². The number of hydrogen-bond acceptors (Lipinski definition) is 5. The Hall–Kier alpha value is -3.71. The van der Waals surface area contributed by atoms with Gasteiger partial charge < -0.3 is 14.7 Å². The number of carbonyl (C=O) groups excluding carboxylic acids is 2. The molecule has 1 aliphatic heterocycles. The van der Waals surface area contributed by atoms with Gasteiger partial charge in [-0.2, -0.15) is 0 Å². The smallest absolute Gasteiger partial charge is 0.296 e. The number of carbonyl (C=O) groups is 2. The van der Waals surface area contributed by atoms with Gasteiger partial charge in [-0.3, -0.25) is 14.6 Å². The normalized spacial score (nSPS) is 17.5. The van der Waals surface area contributed by atoms with Gasteiger partial charge in [0.1, 0.15) is 17.3 Å². The van der Waals surface area contributed by atoms with Crippen LogP contribution in [-0.4, -0.2) is 33.8 Å². The van der Waals surface area contributed by atoms with Crippen molar-refractivity contribution in [1.82, 2.24) is 9.88 Å². The van der Waals surface area contributed by atoms with Crippen molar-refractivity contribution < 1.29 is 23.8 Å². The van der Waals surface area contributed by atoms with Gasteiger partial charge in [0.05, 0.1) is 41.5 Å². The SMILES string of the molecule is COc1c(Cl)cc(C)cc1/C(O)=C1\C(=O)C(=O)N(Cc2ccccn2)C1c1ccc(F)cc1. The molecule has 2 aromatic carbocycles. The van der Waals surface area contributed by atoms with E-state index in [0.717, 1.165) is 5.56 Å². The third-order valence-electron chi connectivity index (χ3n) is 5.43. The van der Waals surface area contributed by atoms with Gasteiger partial charge in [0, 0.05) is 6.20 Å². The number of likely N-dealkylation sites (tertiary alicyclic amines) is 1. The number of nitrogens with zero attached hydrogens (tertiary/aromatic N) is 2. The van der Waals surface area contributed by atoms with Crippen LogP contribution in [0.3, 0.4) is 0 Å². The topological polar surface area (TPSA) is 79.7 Å². The van der Waals surface area contributed by atoms with Gasteiger partial charge in [0.2, 0.25) is 0 Å². The highest BCUT2D eigenvalue weighted by molar-refractivity contribution is 6.46. The second kappa shape index (κ2) is 9.03. The third kappa shape index (κ3) is 4.19. The van der Waals surface area contributed by atoms with Crippen LogP contribution in [0.2, 0.25) is 5.02 Å². The molecule has 1 aromatic heterocycles. The fourth-order valence-corrected chi connectivity index (χ4v) is 4.31. The summed E-state index contributed by atoms with van der Waals surface area (Å²) in [5.74, 6) is -2.37. The van der Waals surface area contributed by atoms with E-state index in [1.54, 1.807) is 43.5 Å². The van der Waals surface area contributed by atoms with Crippen molar-refractivity contribution in [1.29, 1.82) is 0 Å². The summed E-state index contributed by atoms with van der Waals surface area (Å²) in [6.45, 7) is 1.80. The number of pyridine rings is 1. The van der Waals surface area contributed by atoms with E-state index in [1.165, 1.54) is 36.3 Å². The number of ketones is 1. The summed E-state index contributed by atoms with van der Waals surface area (Å²) in [5, 5.41) is 11.5. The summed E-state index contributed by atoms with van der Waals surface area (Å²) in [5.41, 5.74) is 1.80. The largest absolute Gasteiger partial charge is 0.507 e. The Balaban J connectivity index is 1.93. The Morgan fingerprint density at radius 3 is 2.55 bits per heavy atom. The molecule has 3 aromatic rings. The molecule has 1 atom stereocenters. The molecule has 1 fully saturated rings. The maximum Gasteiger partial charge on any atom is 0.296 e. The number of ether oxygens (including phenoxy) is 1. The van der Waals surface area contributed by atoms with Crippen LogP contribution < -0.4 is 4.74 Å². The van der Waals surface area contributed by atoms with E-state index in [0.29, 0.717) is 11.3 Å². The number of aryl methyl sites for hydroxylation is 1. The van der Waals surface area contributed by atoms with Crippen molar-refractivity contribution in [3.8, 4) is 5.75 Å². The zero-order valence-electron chi connectivity index (χ0n) is 17.9. The molecule has 0 saturated carbocycles. The molecule has 0 radical (unpaired) electrons. The Bertz CT molecular complexity index is 1260. The molecule has 1 saturated heterocycles. The Morgan fingerprint density at radius 1 is 1.18 bits per heavy atom. The van der Waals surface area contributed by atoms with E-state index in [-0.39, 0.29) is 28.5 Å². The number of aromatic nitrogens is 1. The molecule has 0 aliphatic carbocycles. The summed E-state index contributed by atoms with van der Waals surface area (Å²) < 4.78 is 19.0. The number of halogens is 2. The Labute approximate surface area is 194 Å². The first-order valence-electron chi connectivity index (χ1n) is 10.1. The van der Waals surface area contributed by atoms with Gasteiger partial charge in [0.25, 0.3) is 11.7 Å². The van der Waals surface area contributed by atoms with Crippen molar-refractivity contribution in [2.75, 3.05) is 7.11 Å². The van der Waals surface area contributed by atoms with Crippen LogP contribution in [-0.2, 0) is 16.1 Å². The molecule has 2 heterocycles. The number of hydrogen-bond donors (Lipinski definition) is 1. The molecule has 1 amide bonds. The molecular formula is C25H20ClFN2O4. The molecule has 6 nitrogen and oxygen atoms in total. The fraction of sp³-hybridized carbons (Fsp3) is 0.160. The average Bonchev–Trinajstić information content (AvgIpc) is 3.04. The average molecular weight is 467 g/mol. The highest BCUT2D eigenvalue weighted by Gasteiger charge is 2.46. The van der Waals surface area contributed by atoms with Gasteiger partial charge in [-0.25, -0.2) is 4.39 Å². The lowest BCUT2D eigenvalue weighted by atomic mass is 9.94. The van der Waals surface area contributed by atoms with Gasteiger partial charge in [-0.05, 0) is 54.4 Å². The van der Waals surface area contributed by atoms with E-state index in [9.17, 15) is 19.1 Å². The van der Waals surface area contributed by atoms with Crippen LogP contribution in [0.15, 0.2) is 66.4 Å². The van der Waals surface area contributed by atoms with Crippen LogP contribution in [0.1, 0.15) is 28.4 Å². The van der Waals surface area contributed by atoms with Gasteiger partial charge in [0.15, 0.2) is 0 Å². The predicted molar refractivity (Wildman–Crippen MR) is 121 cm³/mol. The minimum absolute atomic E-state index is 0.0238. The summed E-state index contributed by atoms with van der Waals surface area (Å²) in [4.78, 5) is 31.8. The highest BCUT2D eigenvalue weighted by Crippen LogP contribution is 2.43. The van der Waals surface area contributed by atoms with Crippen LogP contribution >= 0.6 is 11.6 Å². The molecule has 33 heavy (non-hydrogen) atoms. The van der Waals surface area contributed by atoms with E-state index in [1.807, 2.05) is 0 Å². The molecule has 4 rings (SSSR count). The molecule has 1 N–H and O–H groups in total. The second-order valence-corrected chi connectivity index (χ2v) is 8.03. The van der Waals surface area contributed by atoms with Crippen molar-refractivity contribution in [2.45, 2.75) is 19.5 Å². The van der Waals surface area contributed by atoms with Crippen molar-refractivity contribution in [3.05, 3.63) is 99.6 Å². The van der Waals surface area contributed by atoms with Crippen molar-refractivity contribution in [2.24, 2.45) is 0 Å².